The van der Waals surface area contributed by atoms with Gasteiger partial charge in [0.15, 0.2) is 6.29 Å². The number of hydrogen-bond donors (Lipinski definition) is 1. The molecule has 1 unspecified atom stereocenters. The zero-order chi connectivity index (χ0) is 14.0. The molecule has 0 bridgehead atoms. The molecule has 0 fully saturated rings. The lowest BCUT2D eigenvalue weighted by molar-refractivity contribution is 0.112. The highest BCUT2D eigenvalue weighted by atomic mass is 35.5. The third kappa shape index (κ3) is 2.90. The molecular weight excluding hydrogens is 284 g/mol. The molecule has 0 saturated heterocycles. The molecule has 2 rings (SSSR count). The van der Waals surface area contributed by atoms with Gasteiger partial charge in [-0.25, -0.2) is 15.0 Å². The molecule has 0 aliphatic heterocycles. The van der Waals surface area contributed by atoms with E-state index in [2.05, 4.69) is 20.3 Å². The highest BCUT2D eigenvalue weighted by molar-refractivity contribution is 7.11. The van der Waals surface area contributed by atoms with Crippen LogP contribution in [0.15, 0.2) is 6.33 Å². The van der Waals surface area contributed by atoms with Crippen LogP contribution in [0.3, 0.4) is 0 Å². The van der Waals surface area contributed by atoms with Crippen LogP contribution in [-0.2, 0) is 0 Å². The molecule has 0 saturated carbocycles. The normalized spacial score (nSPS) is 12.2. The maximum atomic E-state index is 11.0. The Bertz CT molecular complexity index is 614. The molecule has 1 N–H and O–H groups in total. The predicted octanol–water partition coefficient (Wildman–Crippen LogP) is 3.19. The number of thiazole rings is 1. The van der Waals surface area contributed by atoms with E-state index in [1.54, 1.807) is 11.3 Å². The lowest BCUT2D eigenvalue weighted by atomic mass is 10.2. The van der Waals surface area contributed by atoms with Crippen LogP contribution >= 0.6 is 22.9 Å². The van der Waals surface area contributed by atoms with E-state index in [1.807, 2.05) is 20.8 Å². The van der Waals surface area contributed by atoms with E-state index in [-0.39, 0.29) is 16.8 Å². The average molecular weight is 297 g/mol. The van der Waals surface area contributed by atoms with Crippen LogP contribution in [0.1, 0.15) is 38.9 Å². The van der Waals surface area contributed by atoms with Gasteiger partial charge in [-0.05, 0) is 20.8 Å². The smallest absolute Gasteiger partial charge is 0.156 e. The summed E-state index contributed by atoms with van der Waals surface area (Å²) in [6.45, 7) is 5.92. The first-order valence-electron chi connectivity index (χ1n) is 5.69. The molecule has 7 heteroatoms. The van der Waals surface area contributed by atoms with Crippen molar-refractivity contribution in [3.8, 4) is 0 Å². The Morgan fingerprint density at radius 3 is 2.74 bits per heavy atom. The minimum atomic E-state index is -0.00383. The highest BCUT2D eigenvalue weighted by Gasteiger charge is 2.16. The van der Waals surface area contributed by atoms with E-state index in [9.17, 15) is 4.79 Å². The second-order valence-corrected chi connectivity index (χ2v) is 5.69. The van der Waals surface area contributed by atoms with Gasteiger partial charge in [-0.3, -0.25) is 4.79 Å². The monoisotopic (exact) mass is 296 g/mol. The SMILES string of the molecule is Cc1nc(C)c(C(C)Nc2ncnc(Cl)c2C=O)s1. The van der Waals surface area contributed by atoms with Crippen molar-refractivity contribution in [2.75, 3.05) is 5.32 Å². The first-order valence-corrected chi connectivity index (χ1v) is 6.88. The number of anilines is 1. The number of aryl methyl sites for hydroxylation is 2. The molecule has 1 atom stereocenters. The van der Waals surface area contributed by atoms with Gasteiger partial charge in [-0.15, -0.1) is 11.3 Å². The Balaban J connectivity index is 2.29. The Morgan fingerprint density at radius 1 is 1.42 bits per heavy atom. The molecular formula is C12H13ClN4OS. The number of halogens is 1. The summed E-state index contributed by atoms with van der Waals surface area (Å²) < 4.78 is 0. The van der Waals surface area contributed by atoms with Crippen LogP contribution in [0.25, 0.3) is 0 Å². The number of aromatic nitrogens is 3. The molecule has 0 aliphatic rings. The summed E-state index contributed by atoms with van der Waals surface area (Å²) in [5, 5.41) is 4.34. The van der Waals surface area contributed by atoms with Crippen molar-refractivity contribution in [1.82, 2.24) is 15.0 Å². The van der Waals surface area contributed by atoms with Gasteiger partial charge < -0.3 is 5.32 Å². The fourth-order valence-corrected chi connectivity index (χ4v) is 2.92. The first-order chi connectivity index (χ1) is 9.02. The van der Waals surface area contributed by atoms with Gasteiger partial charge in [-0.1, -0.05) is 11.6 Å². The number of carbonyl (C=O) groups excluding carboxylic acids is 1. The lowest BCUT2D eigenvalue weighted by Gasteiger charge is -2.14. The number of rotatable bonds is 4. The van der Waals surface area contributed by atoms with E-state index in [1.165, 1.54) is 6.33 Å². The molecule has 2 aromatic rings. The zero-order valence-electron chi connectivity index (χ0n) is 10.8. The van der Waals surface area contributed by atoms with Crippen LogP contribution in [0, 0.1) is 13.8 Å². The molecule has 0 radical (unpaired) electrons. The maximum absolute atomic E-state index is 11.0. The van der Waals surface area contributed by atoms with Crippen molar-refractivity contribution >= 4 is 35.0 Å². The minimum Gasteiger partial charge on any atom is -0.362 e. The van der Waals surface area contributed by atoms with Crippen molar-refractivity contribution in [3.63, 3.8) is 0 Å². The zero-order valence-corrected chi connectivity index (χ0v) is 12.3. The molecule has 2 heterocycles. The molecule has 0 spiro atoms. The van der Waals surface area contributed by atoms with Gasteiger partial charge in [0.2, 0.25) is 0 Å². The molecule has 0 aliphatic carbocycles. The summed E-state index contributed by atoms with van der Waals surface area (Å²) in [5.41, 5.74) is 1.25. The third-order valence-electron chi connectivity index (χ3n) is 2.64. The van der Waals surface area contributed by atoms with Gasteiger partial charge >= 0.3 is 0 Å². The van der Waals surface area contributed by atoms with E-state index in [4.69, 9.17) is 11.6 Å². The minimum absolute atomic E-state index is 0.00383. The van der Waals surface area contributed by atoms with Gasteiger partial charge in [0, 0.05) is 4.88 Å². The van der Waals surface area contributed by atoms with Crippen molar-refractivity contribution < 1.29 is 4.79 Å². The van der Waals surface area contributed by atoms with Crippen LogP contribution in [0.4, 0.5) is 5.82 Å². The fraction of sp³-hybridized carbons (Fsp3) is 0.333. The van der Waals surface area contributed by atoms with Gasteiger partial charge in [0.25, 0.3) is 0 Å². The van der Waals surface area contributed by atoms with Crippen LogP contribution in [0.2, 0.25) is 5.15 Å². The largest absolute Gasteiger partial charge is 0.362 e. The molecule has 100 valence electrons. The van der Waals surface area contributed by atoms with Crippen molar-refractivity contribution in [1.29, 1.82) is 0 Å². The van der Waals surface area contributed by atoms with Crippen molar-refractivity contribution in [2.24, 2.45) is 0 Å². The maximum Gasteiger partial charge on any atom is 0.156 e. The second-order valence-electron chi connectivity index (χ2n) is 4.09. The first kappa shape index (κ1) is 13.9. The summed E-state index contributed by atoms with van der Waals surface area (Å²) in [5.74, 6) is 0.438. The molecule has 5 nitrogen and oxygen atoms in total. The lowest BCUT2D eigenvalue weighted by Crippen LogP contribution is -2.10. The van der Waals surface area contributed by atoms with Gasteiger partial charge in [0.1, 0.15) is 17.3 Å². The second kappa shape index (κ2) is 5.63. The molecule has 19 heavy (non-hydrogen) atoms. The van der Waals surface area contributed by atoms with Crippen LogP contribution < -0.4 is 5.32 Å². The van der Waals surface area contributed by atoms with Crippen molar-refractivity contribution in [2.45, 2.75) is 26.8 Å². The fourth-order valence-electron chi connectivity index (χ4n) is 1.81. The van der Waals surface area contributed by atoms with E-state index < -0.39 is 0 Å². The molecule has 0 amide bonds. The summed E-state index contributed by atoms with van der Waals surface area (Å²) in [4.78, 5) is 24.4. The molecule has 0 aromatic carbocycles. The topological polar surface area (TPSA) is 67.8 Å². The van der Waals surface area contributed by atoms with Gasteiger partial charge in [-0.2, -0.15) is 0 Å². The summed E-state index contributed by atoms with van der Waals surface area (Å²) in [7, 11) is 0. The third-order valence-corrected chi connectivity index (χ3v) is 4.20. The van der Waals surface area contributed by atoms with E-state index in [0.717, 1.165) is 15.6 Å². The average Bonchev–Trinajstić information content (AvgIpc) is 2.69. The highest BCUT2D eigenvalue weighted by Crippen LogP contribution is 2.28. The van der Waals surface area contributed by atoms with E-state index >= 15 is 0 Å². The van der Waals surface area contributed by atoms with Crippen molar-refractivity contribution in [3.05, 3.63) is 32.6 Å². The van der Waals surface area contributed by atoms with Crippen LogP contribution in [0.5, 0.6) is 0 Å². The van der Waals surface area contributed by atoms with E-state index in [0.29, 0.717) is 12.1 Å². The number of carbonyl (C=O) groups is 1. The summed E-state index contributed by atoms with van der Waals surface area (Å²) in [6, 6.07) is -0.00383. The molecule has 2 aromatic heterocycles. The summed E-state index contributed by atoms with van der Waals surface area (Å²) >= 11 is 7.48. The number of aldehydes is 1. The Morgan fingerprint density at radius 2 is 2.16 bits per heavy atom. The van der Waals surface area contributed by atoms with Crippen LogP contribution in [-0.4, -0.2) is 21.2 Å². The Hall–Kier alpha value is -1.53. The summed E-state index contributed by atoms with van der Waals surface area (Å²) in [6.07, 6.45) is 1.98. The number of nitrogens with one attached hydrogen (secondary N) is 1. The quantitative estimate of drug-likeness (QED) is 0.693. The Kier molecular flexibility index (Phi) is 4.11. The standard InChI is InChI=1S/C12H13ClN4OS/c1-6-10(19-8(3)16-6)7(2)17-12-9(4-18)11(13)14-5-15-12/h4-5,7H,1-3H3,(H,14,15,17). The predicted molar refractivity (Wildman–Crippen MR) is 76.1 cm³/mol. The van der Waals surface area contributed by atoms with Gasteiger partial charge in [0.05, 0.1) is 22.3 Å². The number of hydrogen-bond acceptors (Lipinski definition) is 6. The number of nitrogens with zero attached hydrogens (tertiary/aromatic N) is 3. The Labute approximate surface area is 120 Å².